The molecule has 0 aliphatic heterocycles. The van der Waals surface area contributed by atoms with Gasteiger partial charge < -0.3 is 15.7 Å². The van der Waals surface area contributed by atoms with E-state index in [1.165, 1.54) is 0 Å². The van der Waals surface area contributed by atoms with E-state index in [0.29, 0.717) is 0 Å². The van der Waals surface area contributed by atoms with Crippen LogP contribution in [0.3, 0.4) is 0 Å². The summed E-state index contributed by atoms with van der Waals surface area (Å²) in [6.45, 7) is 0.00914. The minimum Gasteiger partial charge on any atom is -0.394 e. The Hall–Kier alpha value is -1.55. The summed E-state index contributed by atoms with van der Waals surface area (Å²) >= 11 is 0. The van der Waals surface area contributed by atoms with Crippen molar-refractivity contribution in [1.82, 2.24) is 5.32 Å². The first kappa shape index (κ1) is 11.0. The molecule has 16 heavy (non-hydrogen) atoms. The average Bonchev–Trinajstić information content (AvgIpc) is 2.25. The standard InChI is InChI=1S/C12H16N2O2/c15-9-12(7-4-8-12)14-11(16)13-10-5-2-1-3-6-10/h1-3,5-6,15H,4,7-9H2,(H2,13,14,16). The maximum atomic E-state index is 11.6. The summed E-state index contributed by atoms with van der Waals surface area (Å²) in [7, 11) is 0. The maximum Gasteiger partial charge on any atom is 0.319 e. The van der Waals surface area contributed by atoms with Crippen molar-refractivity contribution >= 4 is 11.7 Å². The minimum absolute atomic E-state index is 0.00914. The molecule has 0 unspecified atom stereocenters. The second-order valence-corrected chi connectivity index (χ2v) is 4.24. The van der Waals surface area contributed by atoms with Gasteiger partial charge in [-0.05, 0) is 31.4 Å². The van der Waals surface area contributed by atoms with Crippen molar-refractivity contribution in [2.45, 2.75) is 24.8 Å². The van der Waals surface area contributed by atoms with E-state index in [1.54, 1.807) is 0 Å². The Bertz CT molecular complexity index is 355. The summed E-state index contributed by atoms with van der Waals surface area (Å²) in [5.41, 5.74) is 0.367. The van der Waals surface area contributed by atoms with Gasteiger partial charge in [0.25, 0.3) is 0 Å². The number of aliphatic hydroxyl groups excluding tert-OH is 1. The van der Waals surface area contributed by atoms with Gasteiger partial charge >= 0.3 is 6.03 Å². The molecule has 86 valence electrons. The molecule has 1 aliphatic carbocycles. The van der Waals surface area contributed by atoms with Gasteiger partial charge in [-0.15, -0.1) is 0 Å². The van der Waals surface area contributed by atoms with Gasteiger partial charge in [-0.3, -0.25) is 0 Å². The third-order valence-corrected chi connectivity index (χ3v) is 3.02. The number of nitrogens with one attached hydrogen (secondary N) is 2. The Kier molecular flexibility index (Phi) is 3.10. The molecule has 0 radical (unpaired) electrons. The van der Waals surface area contributed by atoms with Crippen LogP contribution in [0.1, 0.15) is 19.3 Å². The number of rotatable bonds is 3. The molecule has 0 spiro atoms. The molecule has 4 heteroatoms. The van der Waals surface area contributed by atoms with Crippen LogP contribution in [0.5, 0.6) is 0 Å². The smallest absolute Gasteiger partial charge is 0.319 e. The van der Waals surface area contributed by atoms with Gasteiger partial charge in [-0.25, -0.2) is 4.79 Å². The highest BCUT2D eigenvalue weighted by atomic mass is 16.3. The molecule has 1 aliphatic rings. The zero-order valence-electron chi connectivity index (χ0n) is 9.07. The Labute approximate surface area is 94.7 Å². The number of aliphatic hydroxyl groups is 1. The molecular formula is C12H16N2O2. The maximum absolute atomic E-state index is 11.6. The molecule has 0 heterocycles. The third-order valence-electron chi connectivity index (χ3n) is 3.02. The monoisotopic (exact) mass is 220 g/mol. The topological polar surface area (TPSA) is 61.4 Å². The summed E-state index contributed by atoms with van der Waals surface area (Å²) in [4.78, 5) is 11.6. The van der Waals surface area contributed by atoms with Crippen LogP contribution in [0.4, 0.5) is 10.5 Å². The van der Waals surface area contributed by atoms with E-state index in [-0.39, 0.29) is 12.6 Å². The highest BCUT2D eigenvalue weighted by molar-refractivity contribution is 5.89. The third kappa shape index (κ3) is 2.33. The second kappa shape index (κ2) is 4.53. The van der Waals surface area contributed by atoms with Gasteiger partial charge in [0.1, 0.15) is 0 Å². The summed E-state index contributed by atoms with van der Waals surface area (Å²) in [5, 5.41) is 14.8. The number of carbonyl (C=O) groups excluding carboxylic acids is 1. The lowest BCUT2D eigenvalue weighted by Crippen LogP contribution is -2.57. The van der Waals surface area contributed by atoms with Crippen LogP contribution in [0.15, 0.2) is 30.3 Å². The van der Waals surface area contributed by atoms with Gasteiger partial charge in [-0.2, -0.15) is 0 Å². The highest BCUT2D eigenvalue weighted by Gasteiger charge is 2.37. The highest BCUT2D eigenvalue weighted by Crippen LogP contribution is 2.31. The van der Waals surface area contributed by atoms with Crippen LogP contribution in [0, 0.1) is 0 Å². The van der Waals surface area contributed by atoms with Gasteiger partial charge in [-0.1, -0.05) is 18.2 Å². The van der Waals surface area contributed by atoms with Crippen molar-refractivity contribution in [2.75, 3.05) is 11.9 Å². The van der Waals surface area contributed by atoms with E-state index in [0.717, 1.165) is 24.9 Å². The zero-order valence-corrected chi connectivity index (χ0v) is 9.07. The number of carbonyl (C=O) groups is 1. The number of urea groups is 1. The van der Waals surface area contributed by atoms with E-state index in [4.69, 9.17) is 0 Å². The van der Waals surface area contributed by atoms with Crippen LogP contribution in [0.2, 0.25) is 0 Å². The normalized spacial score (nSPS) is 17.3. The molecule has 0 saturated heterocycles. The SMILES string of the molecule is O=C(Nc1ccccc1)NC1(CO)CCC1. The Balaban J connectivity index is 1.89. The number of para-hydroxylation sites is 1. The van der Waals surface area contributed by atoms with E-state index in [9.17, 15) is 9.90 Å². The molecule has 1 aromatic carbocycles. The summed E-state index contributed by atoms with van der Waals surface area (Å²) in [5.74, 6) is 0. The summed E-state index contributed by atoms with van der Waals surface area (Å²) < 4.78 is 0. The van der Waals surface area contributed by atoms with Crippen molar-refractivity contribution in [2.24, 2.45) is 0 Å². The molecule has 0 bridgehead atoms. The molecule has 1 saturated carbocycles. The first-order valence-corrected chi connectivity index (χ1v) is 5.49. The summed E-state index contributed by atoms with van der Waals surface area (Å²) in [6, 6.07) is 9.02. The lowest BCUT2D eigenvalue weighted by atomic mass is 9.77. The van der Waals surface area contributed by atoms with Crippen molar-refractivity contribution in [3.05, 3.63) is 30.3 Å². The summed E-state index contributed by atoms with van der Waals surface area (Å²) in [6.07, 6.45) is 2.77. The van der Waals surface area contributed by atoms with E-state index in [1.807, 2.05) is 30.3 Å². The van der Waals surface area contributed by atoms with E-state index < -0.39 is 5.54 Å². The van der Waals surface area contributed by atoms with Crippen LogP contribution in [-0.4, -0.2) is 23.3 Å². The van der Waals surface area contributed by atoms with Crippen molar-refractivity contribution < 1.29 is 9.90 Å². The fraction of sp³-hybridized carbons (Fsp3) is 0.417. The fourth-order valence-corrected chi connectivity index (χ4v) is 1.85. The predicted molar refractivity (Wildman–Crippen MR) is 62.3 cm³/mol. The molecule has 1 aromatic rings. The lowest BCUT2D eigenvalue weighted by molar-refractivity contribution is 0.0984. The second-order valence-electron chi connectivity index (χ2n) is 4.24. The minimum atomic E-state index is -0.390. The van der Waals surface area contributed by atoms with Crippen LogP contribution in [0.25, 0.3) is 0 Å². The van der Waals surface area contributed by atoms with Gasteiger partial charge in [0, 0.05) is 5.69 Å². The molecule has 0 atom stereocenters. The molecule has 2 amide bonds. The number of anilines is 1. The van der Waals surface area contributed by atoms with Gasteiger partial charge in [0.05, 0.1) is 12.1 Å². The number of hydrogen-bond donors (Lipinski definition) is 3. The van der Waals surface area contributed by atoms with Crippen molar-refractivity contribution in [3.63, 3.8) is 0 Å². The Morgan fingerprint density at radius 3 is 2.50 bits per heavy atom. The van der Waals surface area contributed by atoms with Gasteiger partial charge in [0.15, 0.2) is 0 Å². The number of amides is 2. The molecule has 0 aromatic heterocycles. The molecule has 1 fully saturated rings. The molecule has 3 N–H and O–H groups in total. The largest absolute Gasteiger partial charge is 0.394 e. The van der Waals surface area contributed by atoms with Crippen molar-refractivity contribution in [3.8, 4) is 0 Å². The molecule has 4 nitrogen and oxygen atoms in total. The van der Waals surface area contributed by atoms with Crippen LogP contribution < -0.4 is 10.6 Å². The first-order valence-electron chi connectivity index (χ1n) is 5.49. The Morgan fingerprint density at radius 1 is 1.31 bits per heavy atom. The van der Waals surface area contributed by atoms with E-state index in [2.05, 4.69) is 10.6 Å². The molecule has 2 rings (SSSR count). The van der Waals surface area contributed by atoms with Crippen LogP contribution in [-0.2, 0) is 0 Å². The quantitative estimate of drug-likeness (QED) is 0.726. The first-order chi connectivity index (χ1) is 7.74. The van der Waals surface area contributed by atoms with Crippen molar-refractivity contribution in [1.29, 1.82) is 0 Å². The molecular weight excluding hydrogens is 204 g/mol. The average molecular weight is 220 g/mol. The predicted octanol–water partition coefficient (Wildman–Crippen LogP) is 1.72. The lowest BCUT2D eigenvalue weighted by Gasteiger charge is -2.40. The number of benzene rings is 1. The van der Waals surface area contributed by atoms with E-state index >= 15 is 0 Å². The Morgan fingerprint density at radius 2 is 2.00 bits per heavy atom. The van der Waals surface area contributed by atoms with Gasteiger partial charge in [0.2, 0.25) is 0 Å². The van der Waals surface area contributed by atoms with Crippen LogP contribution >= 0.6 is 0 Å². The fourth-order valence-electron chi connectivity index (χ4n) is 1.85. The zero-order chi connectivity index (χ0) is 11.4. The number of hydrogen-bond acceptors (Lipinski definition) is 2.